The number of morpholine rings is 1. The second kappa shape index (κ2) is 5.72. The summed E-state index contributed by atoms with van der Waals surface area (Å²) in [5.74, 6) is -1.74. The smallest absolute Gasteiger partial charge is 0.234 e. The van der Waals surface area contributed by atoms with Gasteiger partial charge < -0.3 is 10.5 Å². The highest BCUT2D eigenvalue weighted by atomic mass is 35.5. The summed E-state index contributed by atoms with van der Waals surface area (Å²) in [7, 11) is 0. The Balaban J connectivity index is 2.02. The molecular formula is C12H15Cl2FN2O. The maximum absolute atomic E-state index is 14.0. The van der Waals surface area contributed by atoms with Crippen LogP contribution in [0.5, 0.6) is 0 Å². The predicted molar refractivity (Wildman–Crippen MR) is 70.6 cm³/mol. The minimum atomic E-state index is -1.74. The van der Waals surface area contributed by atoms with Crippen LogP contribution in [0.25, 0.3) is 0 Å². The summed E-state index contributed by atoms with van der Waals surface area (Å²) in [6.45, 7) is 1.65. The van der Waals surface area contributed by atoms with Crippen molar-refractivity contribution in [2.75, 3.05) is 26.2 Å². The van der Waals surface area contributed by atoms with E-state index in [1.54, 1.807) is 12.1 Å². The summed E-state index contributed by atoms with van der Waals surface area (Å²) in [5, 5.41) is 1.02. The number of alkyl halides is 1. The first-order valence-electron chi connectivity index (χ1n) is 5.72. The van der Waals surface area contributed by atoms with Gasteiger partial charge in [0.15, 0.2) is 0 Å². The fraction of sp³-hybridized carbons (Fsp3) is 0.500. The summed E-state index contributed by atoms with van der Waals surface area (Å²) in [6.07, 6.45) is 0. The first kappa shape index (κ1) is 14.0. The van der Waals surface area contributed by atoms with Gasteiger partial charge in [0.2, 0.25) is 5.85 Å². The van der Waals surface area contributed by atoms with Gasteiger partial charge in [0.05, 0.1) is 29.7 Å². The molecule has 2 rings (SSSR count). The van der Waals surface area contributed by atoms with Crippen LogP contribution in [0, 0.1) is 0 Å². The highest BCUT2D eigenvalue weighted by molar-refractivity contribution is 6.42. The van der Waals surface area contributed by atoms with Crippen LogP contribution in [0.15, 0.2) is 18.2 Å². The van der Waals surface area contributed by atoms with E-state index in [0.29, 0.717) is 29.7 Å². The van der Waals surface area contributed by atoms with Gasteiger partial charge in [-0.2, -0.15) is 0 Å². The zero-order valence-electron chi connectivity index (χ0n) is 9.83. The van der Waals surface area contributed by atoms with Crippen molar-refractivity contribution < 1.29 is 9.13 Å². The predicted octanol–water partition coefficient (Wildman–Crippen LogP) is 2.45. The number of hydrogen-bond donors (Lipinski definition) is 1. The summed E-state index contributed by atoms with van der Waals surface area (Å²) in [6, 6.07) is 5.42. The molecule has 6 heteroatoms. The van der Waals surface area contributed by atoms with Gasteiger partial charge in [-0.1, -0.05) is 29.3 Å². The number of hydrogen-bond acceptors (Lipinski definition) is 3. The number of benzene rings is 1. The molecule has 1 heterocycles. The molecule has 1 aliphatic rings. The average Bonchev–Trinajstić information content (AvgIpc) is 2.34. The molecule has 1 atom stereocenters. The summed E-state index contributed by atoms with van der Waals surface area (Å²) >= 11 is 11.8. The zero-order chi connectivity index (χ0) is 13.2. The molecule has 0 bridgehead atoms. The van der Waals surface area contributed by atoms with Crippen LogP contribution >= 0.6 is 23.2 Å². The molecule has 1 fully saturated rings. The van der Waals surface area contributed by atoms with E-state index in [0.717, 1.165) is 5.56 Å². The third-order valence-electron chi connectivity index (χ3n) is 2.92. The lowest BCUT2D eigenvalue weighted by Gasteiger charge is -2.36. The third-order valence-corrected chi connectivity index (χ3v) is 3.66. The first-order chi connectivity index (χ1) is 8.52. The molecule has 1 aliphatic heterocycles. The molecule has 100 valence electrons. The van der Waals surface area contributed by atoms with Gasteiger partial charge >= 0.3 is 0 Å². The fourth-order valence-corrected chi connectivity index (χ4v) is 2.29. The van der Waals surface area contributed by atoms with Gasteiger partial charge in [-0.15, -0.1) is 0 Å². The maximum Gasteiger partial charge on any atom is 0.234 e. The molecule has 0 radical (unpaired) electrons. The van der Waals surface area contributed by atoms with E-state index in [1.807, 2.05) is 11.0 Å². The molecule has 0 spiro atoms. The van der Waals surface area contributed by atoms with Gasteiger partial charge in [-0.3, -0.25) is 4.90 Å². The highest BCUT2D eigenvalue weighted by Crippen LogP contribution is 2.25. The van der Waals surface area contributed by atoms with Crippen molar-refractivity contribution in [1.82, 2.24) is 4.90 Å². The van der Waals surface area contributed by atoms with Gasteiger partial charge in [0.25, 0.3) is 0 Å². The lowest BCUT2D eigenvalue weighted by Crippen LogP contribution is -2.52. The Morgan fingerprint density at radius 2 is 2.17 bits per heavy atom. The van der Waals surface area contributed by atoms with Gasteiger partial charge in [0, 0.05) is 13.1 Å². The third kappa shape index (κ3) is 3.33. The standard InChI is InChI=1S/C12H15Cl2FN2O/c13-10-2-1-9(5-11(10)14)6-17-3-4-18-12(15,7-16)8-17/h1-2,5H,3-4,6-8,16H2/t12-/m1/s1. The van der Waals surface area contributed by atoms with Crippen LogP contribution in [0.1, 0.15) is 5.56 Å². The molecule has 2 N–H and O–H groups in total. The van der Waals surface area contributed by atoms with Crippen molar-refractivity contribution in [1.29, 1.82) is 0 Å². The number of rotatable bonds is 3. The van der Waals surface area contributed by atoms with Crippen molar-refractivity contribution >= 4 is 23.2 Å². The summed E-state index contributed by atoms with van der Waals surface area (Å²) in [5.41, 5.74) is 6.36. The van der Waals surface area contributed by atoms with Crippen molar-refractivity contribution in [2.45, 2.75) is 12.4 Å². The molecule has 3 nitrogen and oxygen atoms in total. The van der Waals surface area contributed by atoms with E-state index in [9.17, 15) is 4.39 Å². The molecule has 0 aromatic heterocycles. The highest BCUT2D eigenvalue weighted by Gasteiger charge is 2.35. The summed E-state index contributed by atoms with van der Waals surface area (Å²) < 4.78 is 19.0. The lowest BCUT2D eigenvalue weighted by atomic mass is 10.1. The van der Waals surface area contributed by atoms with Gasteiger partial charge in [-0.05, 0) is 17.7 Å². The number of halogens is 3. The Kier molecular flexibility index (Phi) is 4.45. The van der Waals surface area contributed by atoms with Crippen molar-refractivity contribution in [3.05, 3.63) is 33.8 Å². The monoisotopic (exact) mass is 292 g/mol. The SMILES string of the molecule is NC[C@]1(F)CN(Cc2ccc(Cl)c(Cl)c2)CCO1. The Hall–Kier alpha value is -0.390. The Bertz CT molecular complexity index is 433. The van der Waals surface area contributed by atoms with Crippen molar-refractivity contribution in [3.63, 3.8) is 0 Å². The minimum absolute atomic E-state index is 0.134. The first-order valence-corrected chi connectivity index (χ1v) is 6.47. The molecule has 1 saturated heterocycles. The molecule has 18 heavy (non-hydrogen) atoms. The van der Waals surface area contributed by atoms with Crippen LogP contribution in [-0.4, -0.2) is 37.0 Å². The average molecular weight is 293 g/mol. The molecule has 0 amide bonds. The lowest BCUT2D eigenvalue weighted by molar-refractivity contribution is -0.184. The molecule has 0 aliphatic carbocycles. The van der Waals surface area contributed by atoms with Crippen molar-refractivity contribution in [2.24, 2.45) is 5.73 Å². The van der Waals surface area contributed by atoms with E-state index in [1.165, 1.54) is 0 Å². The van der Waals surface area contributed by atoms with E-state index < -0.39 is 5.85 Å². The zero-order valence-corrected chi connectivity index (χ0v) is 11.3. The van der Waals surface area contributed by atoms with Crippen LogP contribution in [0.2, 0.25) is 10.0 Å². The normalized spacial score (nSPS) is 25.3. The van der Waals surface area contributed by atoms with E-state index in [2.05, 4.69) is 0 Å². The number of nitrogens with two attached hydrogens (primary N) is 1. The Labute approximate surface area is 116 Å². The molecule has 1 aromatic carbocycles. The topological polar surface area (TPSA) is 38.5 Å². The minimum Gasteiger partial charge on any atom is -0.342 e. The fourth-order valence-electron chi connectivity index (χ4n) is 1.97. The number of nitrogens with zero attached hydrogens (tertiary/aromatic N) is 1. The second-order valence-corrected chi connectivity index (χ2v) is 5.21. The molecular weight excluding hydrogens is 278 g/mol. The number of ether oxygens (including phenoxy) is 1. The Morgan fingerprint density at radius 1 is 1.39 bits per heavy atom. The van der Waals surface area contributed by atoms with Crippen LogP contribution in [0.3, 0.4) is 0 Å². The van der Waals surface area contributed by atoms with Gasteiger partial charge in [0.1, 0.15) is 0 Å². The van der Waals surface area contributed by atoms with E-state index in [-0.39, 0.29) is 13.1 Å². The van der Waals surface area contributed by atoms with Crippen molar-refractivity contribution in [3.8, 4) is 0 Å². The Morgan fingerprint density at radius 3 is 2.83 bits per heavy atom. The summed E-state index contributed by atoms with van der Waals surface area (Å²) in [4.78, 5) is 1.95. The van der Waals surface area contributed by atoms with Crippen LogP contribution in [0.4, 0.5) is 4.39 Å². The molecule has 0 saturated carbocycles. The van der Waals surface area contributed by atoms with E-state index in [4.69, 9.17) is 33.7 Å². The maximum atomic E-state index is 14.0. The second-order valence-electron chi connectivity index (χ2n) is 4.39. The molecule has 0 unspecified atom stereocenters. The largest absolute Gasteiger partial charge is 0.342 e. The molecule has 1 aromatic rings. The quantitative estimate of drug-likeness (QED) is 0.930. The van der Waals surface area contributed by atoms with Gasteiger partial charge in [-0.25, -0.2) is 4.39 Å². The van der Waals surface area contributed by atoms with Crippen LogP contribution in [-0.2, 0) is 11.3 Å². The van der Waals surface area contributed by atoms with Crippen LogP contribution < -0.4 is 5.73 Å². The van der Waals surface area contributed by atoms with E-state index >= 15 is 0 Å².